The van der Waals surface area contributed by atoms with Crippen LogP contribution >= 0.6 is 0 Å². The number of nitrogens with one attached hydrogen (secondary N) is 1. The molecule has 0 aliphatic carbocycles. The van der Waals surface area contributed by atoms with Crippen LogP contribution in [0.4, 0.5) is 10.6 Å². The van der Waals surface area contributed by atoms with E-state index in [2.05, 4.69) is 31.0 Å². The van der Waals surface area contributed by atoms with Crippen LogP contribution in [0.25, 0.3) is 11.4 Å². The zero-order valence-corrected chi connectivity index (χ0v) is 18.5. The highest BCUT2D eigenvalue weighted by Gasteiger charge is 2.27. The Morgan fingerprint density at radius 2 is 1.66 bits per heavy atom. The van der Waals surface area contributed by atoms with Gasteiger partial charge < -0.3 is 15.1 Å². The second-order valence-corrected chi connectivity index (χ2v) is 9.04. The van der Waals surface area contributed by atoms with Crippen molar-refractivity contribution in [1.29, 1.82) is 0 Å². The van der Waals surface area contributed by atoms with Gasteiger partial charge in [-0.15, -0.1) is 0 Å². The molecule has 1 aromatic heterocycles. The van der Waals surface area contributed by atoms with Crippen LogP contribution in [0.2, 0.25) is 0 Å². The average molecular weight is 396 g/mol. The molecule has 156 valence electrons. The van der Waals surface area contributed by atoms with E-state index in [0.29, 0.717) is 19.0 Å². The van der Waals surface area contributed by atoms with Gasteiger partial charge in [0.2, 0.25) is 0 Å². The van der Waals surface area contributed by atoms with Gasteiger partial charge in [0.1, 0.15) is 5.82 Å². The number of nitrogens with zero attached hydrogens (tertiary/aromatic N) is 4. The van der Waals surface area contributed by atoms with Crippen LogP contribution in [0.1, 0.15) is 51.8 Å². The molecule has 0 atom stereocenters. The number of aryl methyl sites for hydroxylation is 1. The number of carbonyl (C=O) groups excluding carboxylic acids is 1. The van der Waals surface area contributed by atoms with Crippen LogP contribution in [0.5, 0.6) is 0 Å². The van der Waals surface area contributed by atoms with Crippen LogP contribution in [-0.2, 0) is 0 Å². The number of anilines is 1. The van der Waals surface area contributed by atoms with E-state index >= 15 is 0 Å². The highest BCUT2D eigenvalue weighted by atomic mass is 16.2. The number of rotatable bonds is 3. The first-order chi connectivity index (χ1) is 13.7. The van der Waals surface area contributed by atoms with E-state index < -0.39 is 0 Å². The van der Waals surface area contributed by atoms with Crippen molar-refractivity contribution in [2.45, 2.75) is 53.0 Å². The Bertz CT molecular complexity index is 850. The molecule has 29 heavy (non-hydrogen) atoms. The summed E-state index contributed by atoms with van der Waals surface area (Å²) in [5, 5.41) is 3.06. The lowest BCUT2D eigenvalue weighted by Gasteiger charge is -2.38. The molecule has 0 unspecified atom stereocenters. The molecule has 6 heteroatoms. The monoisotopic (exact) mass is 395 g/mol. The van der Waals surface area contributed by atoms with Gasteiger partial charge in [0.05, 0.1) is 0 Å². The number of benzene rings is 1. The van der Waals surface area contributed by atoms with Gasteiger partial charge in [-0.05, 0) is 33.6 Å². The predicted octanol–water partition coefficient (Wildman–Crippen LogP) is 4.21. The van der Waals surface area contributed by atoms with E-state index in [1.54, 1.807) is 0 Å². The van der Waals surface area contributed by atoms with Crippen LogP contribution < -0.4 is 10.2 Å². The molecule has 1 N–H and O–H groups in total. The summed E-state index contributed by atoms with van der Waals surface area (Å²) < 4.78 is 0. The topological polar surface area (TPSA) is 61.4 Å². The summed E-state index contributed by atoms with van der Waals surface area (Å²) in [6, 6.07) is 10.1. The van der Waals surface area contributed by atoms with E-state index in [9.17, 15) is 4.79 Å². The van der Waals surface area contributed by atoms with Crippen molar-refractivity contribution in [3.63, 3.8) is 0 Å². The first-order valence-corrected chi connectivity index (χ1v) is 10.4. The number of urea groups is 1. The van der Waals surface area contributed by atoms with Crippen molar-refractivity contribution >= 4 is 11.8 Å². The van der Waals surface area contributed by atoms with E-state index in [1.165, 1.54) is 5.56 Å². The number of aromatic nitrogens is 2. The molecule has 1 aliphatic rings. The minimum absolute atomic E-state index is 0.00470. The highest BCUT2D eigenvalue weighted by molar-refractivity contribution is 5.75. The number of amides is 2. The van der Waals surface area contributed by atoms with Crippen LogP contribution in [0.3, 0.4) is 0 Å². The SMILES string of the molecule is Cc1nc(-c2ccccc2)nc(N2CCN(C(=O)NC(C)(C)C)CC2)c1C(C)C. The van der Waals surface area contributed by atoms with Gasteiger partial charge in [0, 0.05) is 48.5 Å². The lowest BCUT2D eigenvalue weighted by atomic mass is 10.0. The molecule has 1 aliphatic heterocycles. The van der Waals surface area contributed by atoms with Gasteiger partial charge in [-0.3, -0.25) is 0 Å². The average Bonchev–Trinajstić information content (AvgIpc) is 2.66. The third-order valence-corrected chi connectivity index (χ3v) is 5.07. The summed E-state index contributed by atoms with van der Waals surface area (Å²) in [7, 11) is 0. The van der Waals surface area contributed by atoms with Gasteiger partial charge in [0.15, 0.2) is 5.82 Å². The molecule has 0 spiro atoms. The third kappa shape index (κ3) is 5.05. The van der Waals surface area contributed by atoms with Gasteiger partial charge in [-0.25, -0.2) is 14.8 Å². The standard InChI is InChI=1S/C23H33N5O/c1-16(2)19-17(3)24-20(18-10-8-7-9-11-18)25-21(19)27-12-14-28(15-13-27)22(29)26-23(4,5)6/h7-11,16H,12-15H2,1-6H3,(H,26,29). The normalized spacial score (nSPS) is 15.0. The minimum atomic E-state index is -0.229. The van der Waals surface area contributed by atoms with Gasteiger partial charge in [0.25, 0.3) is 0 Å². The predicted molar refractivity (Wildman–Crippen MR) is 118 cm³/mol. The molecule has 1 saturated heterocycles. The minimum Gasteiger partial charge on any atom is -0.353 e. The quantitative estimate of drug-likeness (QED) is 0.846. The molecule has 2 aromatic rings. The van der Waals surface area contributed by atoms with Crippen molar-refractivity contribution in [3.8, 4) is 11.4 Å². The van der Waals surface area contributed by atoms with Crippen molar-refractivity contribution in [2.75, 3.05) is 31.1 Å². The Kier molecular flexibility index (Phi) is 6.10. The zero-order valence-electron chi connectivity index (χ0n) is 18.5. The lowest BCUT2D eigenvalue weighted by Crippen LogP contribution is -2.55. The maximum absolute atomic E-state index is 12.5. The Morgan fingerprint density at radius 3 is 2.21 bits per heavy atom. The maximum Gasteiger partial charge on any atom is 0.317 e. The van der Waals surface area contributed by atoms with Crippen molar-refractivity contribution in [1.82, 2.24) is 20.2 Å². The molecular weight excluding hydrogens is 362 g/mol. The number of piperazine rings is 1. The summed E-state index contributed by atoms with van der Waals surface area (Å²) >= 11 is 0. The first-order valence-electron chi connectivity index (χ1n) is 10.4. The first kappa shape index (κ1) is 21.1. The summed E-state index contributed by atoms with van der Waals surface area (Å²) in [4.78, 5) is 26.5. The highest BCUT2D eigenvalue weighted by Crippen LogP contribution is 2.31. The fourth-order valence-electron chi connectivity index (χ4n) is 3.72. The molecule has 2 heterocycles. The summed E-state index contributed by atoms with van der Waals surface area (Å²) in [6.07, 6.45) is 0. The van der Waals surface area contributed by atoms with E-state index in [4.69, 9.17) is 9.97 Å². The van der Waals surface area contributed by atoms with Crippen molar-refractivity contribution in [2.24, 2.45) is 0 Å². The smallest absolute Gasteiger partial charge is 0.317 e. The molecule has 6 nitrogen and oxygen atoms in total. The molecular formula is C23H33N5O. The van der Waals surface area contributed by atoms with E-state index in [0.717, 1.165) is 36.0 Å². The summed E-state index contributed by atoms with van der Waals surface area (Å²) in [6.45, 7) is 15.4. The van der Waals surface area contributed by atoms with Crippen LogP contribution in [0, 0.1) is 6.92 Å². The zero-order chi connectivity index (χ0) is 21.2. The number of hydrogen-bond acceptors (Lipinski definition) is 4. The van der Waals surface area contributed by atoms with Crippen LogP contribution in [-0.4, -0.2) is 52.6 Å². The lowest BCUT2D eigenvalue weighted by molar-refractivity contribution is 0.185. The maximum atomic E-state index is 12.5. The Morgan fingerprint density at radius 1 is 1.03 bits per heavy atom. The van der Waals surface area contributed by atoms with Crippen molar-refractivity contribution < 1.29 is 4.79 Å². The second kappa shape index (κ2) is 8.39. The molecule has 1 fully saturated rings. The molecule has 1 aromatic carbocycles. The van der Waals surface area contributed by atoms with E-state index in [1.807, 2.05) is 56.0 Å². The number of carbonyl (C=O) groups is 1. The molecule has 0 bridgehead atoms. The van der Waals surface area contributed by atoms with Gasteiger partial charge in [-0.2, -0.15) is 0 Å². The molecule has 0 saturated carbocycles. The Balaban J connectivity index is 1.85. The second-order valence-electron chi connectivity index (χ2n) is 9.04. The fraction of sp³-hybridized carbons (Fsp3) is 0.522. The Hall–Kier alpha value is -2.63. The molecule has 0 radical (unpaired) electrons. The van der Waals surface area contributed by atoms with E-state index in [-0.39, 0.29) is 11.6 Å². The Labute approximate surface area is 174 Å². The van der Waals surface area contributed by atoms with Crippen LogP contribution in [0.15, 0.2) is 30.3 Å². The largest absolute Gasteiger partial charge is 0.353 e. The summed E-state index contributed by atoms with van der Waals surface area (Å²) in [5.41, 5.74) is 3.01. The van der Waals surface area contributed by atoms with Gasteiger partial charge in [-0.1, -0.05) is 44.2 Å². The molecule has 3 rings (SSSR count). The molecule has 2 amide bonds. The fourth-order valence-corrected chi connectivity index (χ4v) is 3.72. The van der Waals surface area contributed by atoms with Crippen molar-refractivity contribution in [3.05, 3.63) is 41.6 Å². The summed E-state index contributed by atoms with van der Waals surface area (Å²) in [5.74, 6) is 2.09. The number of hydrogen-bond donors (Lipinski definition) is 1. The third-order valence-electron chi connectivity index (χ3n) is 5.07. The van der Waals surface area contributed by atoms with Gasteiger partial charge >= 0.3 is 6.03 Å².